The number of benzene rings is 1. The van der Waals surface area contributed by atoms with Gasteiger partial charge in [0.25, 0.3) is 0 Å². The number of carbonyl (C=O) groups excluding carboxylic acids is 1. The van der Waals surface area contributed by atoms with Gasteiger partial charge in [-0.25, -0.2) is 4.79 Å². The Morgan fingerprint density at radius 1 is 1.41 bits per heavy atom. The van der Waals surface area contributed by atoms with Gasteiger partial charge in [0.15, 0.2) is 0 Å². The zero-order valence-corrected chi connectivity index (χ0v) is 13.1. The maximum atomic E-state index is 12.3. The smallest absolute Gasteiger partial charge is 0.396 e. The molecule has 1 rings (SSSR count). The van der Waals surface area contributed by atoms with Crippen LogP contribution in [0.3, 0.4) is 0 Å². The highest BCUT2D eigenvalue weighted by Gasteiger charge is 2.27. The van der Waals surface area contributed by atoms with Crippen molar-refractivity contribution in [1.29, 1.82) is 0 Å². The summed E-state index contributed by atoms with van der Waals surface area (Å²) in [7, 11) is 0. The second-order valence-electron chi connectivity index (χ2n) is 4.92. The summed E-state index contributed by atoms with van der Waals surface area (Å²) < 4.78 is 37.0. The highest BCUT2D eigenvalue weighted by Crippen LogP contribution is 2.32. The van der Waals surface area contributed by atoms with E-state index in [1.807, 2.05) is 0 Å². The number of alkyl halides is 3. The lowest BCUT2D eigenvalue weighted by Gasteiger charge is -2.16. The fraction of sp³-hybridized carbons (Fsp3) is 0.500. The average Bonchev–Trinajstić information content (AvgIpc) is 2.36. The van der Waals surface area contributed by atoms with Crippen molar-refractivity contribution in [2.24, 2.45) is 0 Å². The van der Waals surface area contributed by atoms with Gasteiger partial charge < -0.3 is 15.7 Å². The Bertz CT molecular complexity index is 509. The van der Waals surface area contributed by atoms with Crippen LogP contribution >= 0.6 is 11.8 Å². The van der Waals surface area contributed by atoms with Crippen LogP contribution < -0.4 is 10.6 Å². The van der Waals surface area contributed by atoms with Gasteiger partial charge in [-0.15, -0.1) is 11.8 Å². The van der Waals surface area contributed by atoms with Crippen molar-refractivity contribution in [3.8, 4) is 0 Å². The van der Waals surface area contributed by atoms with E-state index in [1.54, 1.807) is 32.0 Å². The topological polar surface area (TPSA) is 61.4 Å². The SMILES string of the molecule is Cc1ccc(SCC(F)(F)F)c(NC(=O)N[C@H](C)CCO)c1. The van der Waals surface area contributed by atoms with E-state index in [9.17, 15) is 18.0 Å². The number of nitrogens with one attached hydrogen (secondary N) is 2. The number of aliphatic hydroxyl groups is 1. The predicted octanol–water partition coefficient (Wildman–Crippen LogP) is 3.54. The van der Waals surface area contributed by atoms with Gasteiger partial charge in [0.05, 0.1) is 11.4 Å². The second-order valence-corrected chi connectivity index (χ2v) is 5.93. The Morgan fingerprint density at radius 2 is 2.09 bits per heavy atom. The third-order valence-electron chi connectivity index (χ3n) is 2.71. The normalized spacial score (nSPS) is 12.8. The fourth-order valence-electron chi connectivity index (χ4n) is 1.67. The molecule has 8 heteroatoms. The van der Waals surface area contributed by atoms with E-state index in [1.165, 1.54) is 0 Å². The van der Waals surface area contributed by atoms with Gasteiger partial charge in [-0.3, -0.25) is 0 Å². The fourth-order valence-corrected chi connectivity index (χ4v) is 2.42. The van der Waals surface area contributed by atoms with Crippen LogP contribution in [0.2, 0.25) is 0 Å². The van der Waals surface area contributed by atoms with Gasteiger partial charge in [-0.05, 0) is 38.0 Å². The lowest BCUT2D eigenvalue weighted by Crippen LogP contribution is -2.36. The van der Waals surface area contributed by atoms with E-state index in [4.69, 9.17) is 5.11 Å². The Balaban J connectivity index is 2.75. The molecule has 1 atom stereocenters. The van der Waals surface area contributed by atoms with E-state index in [2.05, 4.69) is 10.6 Å². The minimum absolute atomic E-state index is 0.0570. The summed E-state index contributed by atoms with van der Waals surface area (Å²) in [5.41, 5.74) is 1.16. The summed E-state index contributed by atoms with van der Waals surface area (Å²) in [6.45, 7) is 3.46. The number of halogens is 3. The van der Waals surface area contributed by atoms with Crippen molar-refractivity contribution in [2.45, 2.75) is 37.4 Å². The van der Waals surface area contributed by atoms with Crippen molar-refractivity contribution in [3.05, 3.63) is 23.8 Å². The molecule has 4 nitrogen and oxygen atoms in total. The molecule has 0 spiro atoms. The van der Waals surface area contributed by atoms with E-state index in [0.717, 1.165) is 5.56 Å². The number of hydrogen-bond acceptors (Lipinski definition) is 3. The van der Waals surface area contributed by atoms with Gasteiger partial charge >= 0.3 is 12.2 Å². The van der Waals surface area contributed by atoms with Crippen molar-refractivity contribution in [1.82, 2.24) is 5.32 Å². The molecule has 0 saturated heterocycles. The molecule has 0 saturated carbocycles. The van der Waals surface area contributed by atoms with E-state index >= 15 is 0 Å². The van der Waals surface area contributed by atoms with Crippen molar-refractivity contribution in [2.75, 3.05) is 17.7 Å². The highest BCUT2D eigenvalue weighted by molar-refractivity contribution is 7.99. The molecular formula is C14H19F3N2O2S. The minimum Gasteiger partial charge on any atom is -0.396 e. The molecule has 0 aliphatic carbocycles. The molecule has 0 fully saturated rings. The van der Waals surface area contributed by atoms with E-state index in [-0.39, 0.29) is 12.6 Å². The first-order valence-corrected chi connectivity index (χ1v) is 7.68. The molecule has 2 amide bonds. The average molecular weight is 336 g/mol. The van der Waals surface area contributed by atoms with Crippen LogP contribution in [0.1, 0.15) is 18.9 Å². The van der Waals surface area contributed by atoms with Crippen LogP contribution in [0, 0.1) is 6.92 Å². The summed E-state index contributed by atoms with van der Waals surface area (Å²) in [5.74, 6) is -1.02. The number of rotatable bonds is 6. The summed E-state index contributed by atoms with van der Waals surface area (Å²) in [4.78, 5) is 12.2. The molecule has 0 bridgehead atoms. The zero-order chi connectivity index (χ0) is 16.8. The molecule has 0 unspecified atom stereocenters. The molecule has 1 aromatic carbocycles. The Labute approximate surface area is 131 Å². The van der Waals surface area contributed by atoms with Crippen LogP contribution in [-0.2, 0) is 0 Å². The standard InChI is InChI=1S/C14H19F3N2O2S/c1-9-3-4-12(22-8-14(15,16)17)11(7-9)19-13(21)18-10(2)5-6-20/h3-4,7,10,20H,5-6,8H2,1-2H3,(H2,18,19,21)/t10-/m1/s1. The number of aliphatic hydroxyl groups excluding tert-OH is 1. The summed E-state index contributed by atoms with van der Waals surface area (Å²) in [6.07, 6.45) is -3.87. The Morgan fingerprint density at radius 3 is 2.68 bits per heavy atom. The van der Waals surface area contributed by atoms with Gasteiger partial charge in [-0.2, -0.15) is 13.2 Å². The largest absolute Gasteiger partial charge is 0.398 e. The van der Waals surface area contributed by atoms with Crippen LogP contribution in [-0.4, -0.2) is 35.7 Å². The molecule has 3 N–H and O–H groups in total. The van der Waals surface area contributed by atoms with E-state index < -0.39 is 18.0 Å². The molecule has 0 radical (unpaired) electrons. The van der Waals surface area contributed by atoms with Crippen LogP contribution in [0.15, 0.2) is 23.1 Å². The van der Waals surface area contributed by atoms with Crippen molar-refractivity contribution in [3.63, 3.8) is 0 Å². The molecule has 0 aliphatic heterocycles. The number of urea groups is 1. The van der Waals surface area contributed by atoms with Gasteiger partial charge in [0.2, 0.25) is 0 Å². The number of amides is 2. The molecule has 0 aliphatic rings. The summed E-state index contributed by atoms with van der Waals surface area (Å²) in [6, 6.07) is 4.12. The van der Waals surface area contributed by atoms with Gasteiger partial charge in [-0.1, -0.05) is 6.07 Å². The quantitative estimate of drug-likeness (QED) is 0.696. The predicted molar refractivity (Wildman–Crippen MR) is 81.3 cm³/mol. The molecule has 0 heterocycles. The monoisotopic (exact) mass is 336 g/mol. The first kappa shape index (κ1) is 18.6. The lowest BCUT2D eigenvalue weighted by atomic mass is 10.2. The maximum Gasteiger partial charge on any atom is 0.398 e. The second kappa shape index (κ2) is 8.28. The minimum atomic E-state index is -4.27. The molecule has 1 aromatic rings. The van der Waals surface area contributed by atoms with Crippen LogP contribution in [0.4, 0.5) is 23.7 Å². The van der Waals surface area contributed by atoms with Crippen molar-refractivity contribution >= 4 is 23.5 Å². The number of hydrogen-bond donors (Lipinski definition) is 3. The van der Waals surface area contributed by atoms with Crippen LogP contribution in [0.5, 0.6) is 0 Å². The number of aryl methyl sites for hydroxylation is 1. The molecule has 124 valence electrons. The lowest BCUT2D eigenvalue weighted by molar-refractivity contribution is -0.105. The summed E-state index contributed by atoms with van der Waals surface area (Å²) >= 11 is 0.626. The van der Waals surface area contributed by atoms with Crippen molar-refractivity contribution < 1.29 is 23.1 Å². The number of carbonyl (C=O) groups is 1. The Hall–Kier alpha value is -1.41. The van der Waals surface area contributed by atoms with Crippen LogP contribution in [0.25, 0.3) is 0 Å². The maximum absolute atomic E-state index is 12.3. The van der Waals surface area contributed by atoms with Gasteiger partial charge in [0, 0.05) is 17.5 Å². The Kier molecular flexibility index (Phi) is 7.02. The third kappa shape index (κ3) is 7.04. The van der Waals surface area contributed by atoms with Gasteiger partial charge in [0.1, 0.15) is 0 Å². The molecular weight excluding hydrogens is 317 g/mol. The number of anilines is 1. The highest BCUT2D eigenvalue weighted by atomic mass is 32.2. The third-order valence-corrected chi connectivity index (χ3v) is 3.85. The first-order chi connectivity index (χ1) is 10.2. The molecule has 22 heavy (non-hydrogen) atoms. The first-order valence-electron chi connectivity index (χ1n) is 6.70. The zero-order valence-electron chi connectivity index (χ0n) is 12.3. The number of thioether (sulfide) groups is 1. The molecule has 0 aromatic heterocycles. The van der Waals surface area contributed by atoms with E-state index in [0.29, 0.717) is 28.8 Å². The summed E-state index contributed by atoms with van der Waals surface area (Å²) in [5, 5.41) is 13.9.